The monoisotopic (exact) mass is 173 g/mol. The van der Waals surface area contributed by atoms with Crippen LogP contribution in [0.2, 0.25) is 0 Å². The van der Waals surface area contributed by atoms with E-state index in [1.54, 1.807) is 19.0 Å². The molecular formula is C7H15N3O2. The summed E-state index contributed by atoms with van der Waals surface area (Å²) in [6.07, 6.45) is 0.675. The fourth-order valence-corrected chi connectivity index (χ4v) is 0.565. The fourth-order valence-electron chi connectivity index (χ4n) is 0.565. The van der Waals surface area contributed by atoms with E-state index in [2.05, 4.69) is 4.99 Å². The van der Waals surface area contributed by atoms with Gasteiger partial charge in [-0.25, -0.2) is 0 Å². The highest BCUT2D eigenvalue weighted by atomic mass is 16.4. The van der Waals surface area contributed by atoms with E-state index in [1.165, 1.54) is 0 Å². The standard InChI is InChI=1S/C7H15N3O2/c1-10(2)7(8)9-5-3-4-6(11)12/h3-5H2,1-2H3,(H2,8,9)(H,11,12). The highest BCUT2D eigenvalue weighted by Crippen LogP contribution is 1.89. The second-order valence-corrected chi connectivity index (χ2v) is 2.63. The van der Waals surface area contributed by atoms with Gasteiger partial charge in [0.1, 0.15) is 0 Å². The molecule has 0 amide bonds. The van der Waals surface area contributed by atoms with Gasteiger partial charge in [-0.1, -0.05) is 0 Å². The number of hydrogen-bond donors (Lipinski definition) is 2. The van der Waals surface area contributed by atoms with Gasteiger partial charge in [-0.3, -0.25) is 9.79 Å². The van der Waals surface area contributed by atoms with E-state index in [4.69, 9.17) is 10.8 Å². The molecule has 0 spiro atoms. The van der Waals surface area contributed by atoms with Crippen molar-refractivity contribution in [2.45, 2.75) is 12.8 Å². The Bertz CT molecular complexity index is 177. The van der Waals surface area contributed by atoms with Crippen molar-refractivity contribution in [3.8, 4) is 0 Å². The van der Waals surface area contributed by atoms with Crippen LogP contribution < -0.4 is 5.73 Å². The predicted molar refractivity (Wildman–Crippen MR) is 47.0 cm³/mol. The number of nitrogens with two attached hydrogens (primary N) is 1. The van der Waals surface area contributed by atoms with Crippen LogP contribution in [0.3, 0.4) is 0 Å². The SMILES string of the molecule is CN(C)C(N)=NCCCC(=O)O. The number of carboxylic acid groups (broad SMARTS) is 1. The van der Waals surface area contributed by atoms with Crippen LogP contribution in [-0.2, 0) is 4.79 Å². The average molecular weight is 173 g/mol. The molecule has 0 aliphatic heterocycles. The van der Waals surface area contributed by atoms with Crippen LogP contribution in [-0.4, -0.2) is 42.6 Å². The lowest BCUT2D eigenvalue weighted by Gasteiger charge is -2.09. The molecular weight excluding hydrogens is 158 g/mol. The summed E-state index contributed by atoms with van der Waals surface area (Å²) < 4.78 is 0. The van der Waals surface area contributed by atoms with Crippen LogP contribution in [0, 0.1) is 0 Å². The lowest BCUT2D eigenvalue weighted by atomic mass is 10.3. The normalized spacial score (nSPS) is 11.3. The first-order chi connectivity index (χ1) is 5.54. The Hall–Kier alpha value is -1.26. The molecule has 0 heterocycles. The highest BCUT2D eigenvalue weighted by molar-refractivity contribution is 5.77. The number of guanidine groups is 1. The van der Waals surface area contributed by atoms with E-state index in [0.29, 0.717) is 18.9 Å². The number of carboxylic acids is 1. The van der Waals surface area contributed by atoms with Crippen molar-refractivity contribution in [3.63, 3.8) is 0 Å². The van der Waals surface area contributed by atoms with Crippen molar-refractivity contribution in [1.82, 2.24) is 4.90 Å². The quantitative estimate of drug-likeness (QED) is 0.348. The van der Waals surface area contributed by atoms with E-state index in [-0.39, 0.29) is 6.42 Å². The number of carbonyl (C=O) groups is 1. The van der Waals surface area contributed by atoms with Gasteiger partial charge < -0.3 is 15.7 Å². The van der Waals surface area contributed by atoms with Crippen LogP contribution in [0.5, 0.6) is 0 Å². The van der Waals surface area contributed by atoms with E-state index < -0.39 is 5.97 Å². The number of hydrogen-bond acceptors (Lipinski definition) is 2. The minimum absolute atomic E-state index is 0.143. The average Bonchev–Trinajstić information content (AvgIpc) is 1.97. The molecule has 12 heavy (non-hydrogen) atoms. The van der Waals surface area contributed by atoms with E-state index in [9.17, 15) is 4.79 Å². The minimum atomic E-state index is -0.798. The molecule has 0 aromatic rings. The molecule has 0 fully saturated rings. The molecule has 0 atom stereocenters. The maximum absolute atomic E-state index is 10.1. The van der Waals surface area contributed by atoms with Gasteiger partial charge in [-0.05, 0) is 6.42 Å². The van der Waals surface area contributed by atoms with E-state index >= 15 is 0 Å². The topological polar surface area (TPSA) is 78.9 Å². The van der Waals surface area contributed by atoms with Crippen molar-refractivity contribution in [2.75, 3.05) is 20.6 Å². The third-order valence-corrected chi connectivity index (χ3v) is 1.28. The van der Waals surface area contributed by atoms with Crippen LogP contribution in [0.15, 0.2) is 4.99 Å². The smallest absolute Gasteiger partial charge is 0.303 e. The highest BCUT2D eigenvalue weighted by Gasteiger charge is 1.96. The molecule has 3 N–H and O–H groups in total. The molecule has 5 nitrogen and oxygen atoms in total. The van der Waals surface area contributed by atoms with Crippen LogP contribution in [0.1, 0.15) is 12.8 Å². The van der Waals surface area contributed by atoms with Gasteiger partial charge in [0.15, 0.2) is 5.96 Å². The largest absolute Gasteiger partial charge is 0.481 e. The van der Waals surface area contributed by atoms with Crippen molar-refractivity contribution in [1.29, 1.82) is 0 Å². The molecule has 0 rings (SSSR count). The first kappa shape index (κ1) is 10.7. The molecule has 0 bridgehead atoms. The summed E-state index contributed by atoms with van der Waals surface area (Å²) in [4.78, 5) is 15.7. The van der Waals surface area contributed by atoms with Crippen LogP contribution >= 0.6 is 0 Å². The molecule has 0 aromatic carbocycles. The number of rotatable bonds is 4. The molecule has 0 aliphatic carbocycles. The van der Waals surface area contributed by atoms with Gasteiger partial charge in [0.2, 0.25) is 0 Å². The van der Waals surface area contributed by atoms with Gasteiger partial charge in [-0.2, -0.15) is 0 Å². The second kappa shape index (κ2) is 5.40. The maximum Gasteiger partial charge on any atom is 0.303 e. The van der Waals surface area contributed by atoms with Gasteiger partial charge in [0.25, 0.3) is 0 Å². The third-order valence-electron chi connectivity index (χ3n) is 1.28. The van der Waals surface area contributed by atoms with Gasteiger partial charge >= 0.3 is 5.97 Å². The summed E-state index contributed by atoms with van der Waals surface area (Å²) in [5, 5.41) is 8.30. The van der Waals surface area contributed by atoms with Crippen molar-refractivity contribution < 1.29 is 9.90 Å². The number of aliphatic carboxylic acids is 1. The zero-order valence-electron chi connectivity index (χ0n) is 7.45. The predicted octanol–water partition coefficient (Wildman–Crippen LogP) is -0.272. The first-order valence-electron chi connectivity index (χ1n) is 3.73. The van der Waals surface area contributed by atoms with Crippen molar-refractivity contribution in [2.24, 2.45) is 10.7 Å². The molecule has 70 valence electrons. The fraction of sp³-hybridized carbons (Fsp3) is 0.714. The molecule has 0 radical (unpaired) electrons. The molecule has 5 heteroatoms. The summed E-state index contributed by atoms with van der Waals surface area (Å²) in [7, 11) is 3.58. The Balaban J connectivity index is 3.53. The minimum Gasteiger partial charge on any atom is -0.481 e. The Morgan fingerprint density at radius 3 is 2.58 bits per heavy atom. The van der Waals surface area contributed by atoms with E-state index in [1.807, 2.05) is 0 Å². The van der Waals surface area contributed by atoms with Crippen LogP contribution in [0.25, 0.3) is 0 Å². The lowest BCUT2D eigenvalue weighted by molar-refractivity contribution is -0.137. The zero-order valence-corrected chi connectivity index (χ0v) is 7.45. The zero-order chi connectivity index (χ0) is 9.56. The van der Waals surface area contributed by atoms with Gasteiger partial charge in [-0.15, -0.1) is 0 Å². The summed E-state index contributed by atoms with van der Waals surface area (Å²) >= 11 is 0. The molecule has 0 aromatic heterocycles. The number of aliphatic imine (C=N–C) groups is 1. The third kappa shape index (κ3) is 5.52. The van der Waals surface area contributed by atoms with Gasteiger partial charge in [0.05, 0.1) is 0 Å². The Kier molecular flexibility index (Phi) is 4.83. The summed E-state index contributed by atoms with van der Waals surface area (Å²) in [5.41, 5.74) is 5.46. The van der Waals surface area contributed by atoms with Crippen LogP contribution in [0.4, 0.5) is 0 Å². The molecule has 0 saturated heterocycles. The summed E-state index contributed by atoms with van der Waals surface area (Å²) in [6, 6.07) is 0. The Morgan fingerprint density at radius 1 is 1.58 bits per heavy atom. The second-order valence-electron chi connectivity index (χ2n) is 2.63. The molecule has 0 unspecified atom stereocenters. The van der Waals surface area contributed by atoms with Gasteiger partial charge in [0, 0.05) is 27.1 Å². The van der Waals surface area contributed by atoms with E-state index in [0.717, 1.165) is 0 Å². The number of nitrogens with zero attached hydrogens (tertiary/aromatic N) is 2. The maximum atomic E-state index is 10.1. The molecule has 0 saturated carbocycles. The van der Waals surface area contributed by atoms with Crippen molar-refractivity contribution in [3.05, 3.63) is 0 Å². The van der Waals surface area contributed by atoms with Crippen molar-refractivity contribution >= 4 is 11.9 Å². The Labute approximate surface area is 71.9 Å². The first-order valence-corrected chi connectivity index (χ1v) is 3.73. The Morgan fingerprint density at radius 2 is 2.17 bits per heavy atom. The lowest BCUT2D eigenvalue weighted by Crippen LogP contribution is -2.30. The summed E-state index contributed by atoms with van der Waals surface area (Å²) in [5.74, 6) is -0.367. The molecule has 0 aliphatic rings. The summed E-state index contributed by atoms with van der Waals surface area (Å²) in [6.45, 7) is 0.469.